The predicted octanol–water partition coefficient (Wildman–Crippen LogP) is -4.18. The number of aromatic nitrogens is 8. The quantitative estimate of drug-likeness (QED) is 0.143. The smallest absolute Gasteiger partial charge is 0.545 e. The van der Waals surface area contributed by atoms with E-state index in [1.165, 1.54) is 0 Å². The van der Waals surface area contributed by atoms with Crippen LogP contribution in [0.4, 0.5) is 0 Å². The molecule has 4 N–H and O–H groups in total. The fourth-order valence-electron chi connectivity index (χ4n) is 4.86. The van der Waals surface area contributed by atoms with Gasteiger partial charge in [-0.15, -0.1) is 20.5 Å². The number of pyridine rings is 8. The molecule has 2 radical (unpaired) electrons. The summed E-state index contributed by atoms with van der Waals surface area (Å²) < 4.78 is 67.9. The van der Waals surface area contributed by atoms with Crippen molar-refractivity contribution in [3.8, 4) is 45.6 Å². The standard InChI is InChI=1S/4C10H8N2.C8H6O4.2ClHO4.2Cu.2H2O/c4*1-3-7-11-9(5-1)10-6-2-4-8-12-10;9-7(10)5-1-2-6(4-3-5)8(11)12;2*2-1(3,4)5;;;;/h4*1-8H;1-4H,(H,9,10)(H,11,12);2*(H,2,3,4,5);;;2*1H2/q;;;;;;;2*+2;;/p-4. The number of carboxylic acid groups (broad SMARTS) is 2. The van der Waals surface area contributed by atoms with Gasteiger partial charge in [0.1, 0.15) is 0 Å². The normalized spacial score (nSPS) is 9.41. The second-order valence-corrected chi connectivity index (χ2v) is 14.1. The van der Waals surface area contributed by atoms with Crippen LogP contribution in [0, 0.1) is 20.5 Å². The van der Waals surface area contributed by atoms with Gasteiger partial charge in [-0.05, 0) is 108 Å². The SMILES string of the molecule is O.O.O=C([O-])c1ccc(C(=O)[O-])cc1.[Cu+2].[Cu+2].[O-][Cl+3]([O-])([O-])[O-].[O-][Cl+3]([O-])([O-])[O-].c1ccc(-c2ccccn2)nc1.c1ccc(-c2ccccn2)nc1.c1ccc(-c2ccccn2)nc1.c1ccc(-c2ccccn2)nc1. The van der Waals surface area contributed by atoms with Gasteiger partial charge in [0, 0.05) is 49.6 Å². The largest absolute Gasteiger partial charge is 2.00 e. The van der Waals surface area contributed by atoms with Gasteiger partial charge in [0.25, 0.3) is 0 Å². The Morgan fingerprint density at radius 2 is 0.392 bits per heavy atom. The van der Waals surface area contributed by atoms with Gasteiger partial charge >= 0.3 is 34.1 Å². The summed E-state index contributed by atoms with van der Waals surface area (Å²) in [6, 6.07) is 51.0. The Hall–Kier alpha value is -7.42. The Bertz CT molecular complexity index is 2290. The second kappa shape index (κ2) is 38.2. The van der Waals surface area contributed by atoms with E-state index in [0.717, 1.165) is 69.8 Å². The van der Waals surface area contributed by atoms with Crippen molar-refractivity contribution in [3.05, 3.63) is 231 Å². The number of carbonyl (C=O) groups excluding carboxylic acids is 2. The number of halogens is 2. The van der Waals surface area contributed by atoms with Crippen molar-refractivity contribution in [2.45, 2.75) is 0 Å². The Morgan fingerprint density at radius 1 is 0.270 bits per heavy atom. The molecule has 8 heterocycles. The van der Waals surface area contributed by atoms with E-state index in [9.17, 15) is 19.8 Å². The molecular weight excluding hydrogens is 1110 g/mol. The number of rotatable bonds is 6. The summed E-state index contributed by atoms with van der Waals surface area (Å²) in [4.78, 5) is 53.9. The molecule has 0 saturated carbocycles. The zero-order valence-corrected chi connectivity index (χ0v) is 41.0. The summed E-state index contributed by atoms with van der Waals surface area (Å²) in [5, 5.41) is 20.4. The number of hydrogen-bond donors (Lipinski definition) is 0. The summed E-state index contributed by atoms with van der Waals surface area (Å²) >= 11 is 0. The maximum absolute atomic E-state index is 10.2. The minimum atomic E-state index is -4.94. The van der Waals surface area contributed by atoms with Crippen molar-refractivity contribution in [3.63, 3.8) is 0 Å². The number of carboxylic acids is 2. The van der Waals surface area contributed by atoms with Crippen LogP contribution in [0.3, 0.4) is 0 Å². The van der Waals surface area contributed by atoms with Crippen LogP contribution >= 0.6 is 0 Å². The molecule has 1 aromatic carbocycles. The van der Waals surface area contributed by atoms with Gasteiger partial charge in [-0.1, -0.05) is 72.8 Å². The molecule has 9 rings (SSSR count). The third kappa shape index (κ3) is 31.8. The predicted molar refractivity (Wildman–Crippen MR) is 232 cm³/mol. The molecule has 26 heteroatoms. The van der Waals surface area contributed by atoms with Crippen LogP contribution in [0.1, 0.15) is 20.7 Å². The van der Waals surface area contributed by atoms with Gasteiger partial charge < -0.3 is 30.8 Å². The van der Waals surface area contributed by atoms with E-state index >= 15 is 0 Å². The summed E-state index contributed by atoms with van der Waals surface area (Å²) in [6.45, 7) is 0. The number of benzene rings is 1. The number of nitrogens with zero attached hydrogens (tertiary/aromatic N) is 8. The van der Waals surface area contributed by atoms with Crippen LogP contribution < -0.4 is 47.5 Å². The van der Waals surface area contributed by atoms with E-state index in [-0.39, 0.29) is 56.2 Å². The molecule has 8 aromatic heterocycles. The zero-order valence-electron chi connectivity index (χ0n) is 37.6. The zero-order chi connectivity index (χ0) is 51.0. The molecule has 0 aliphatic rings. The molecule has 0 unspecified atom stereocenters. The van der Waals surface area contributed by atoms with Gasteiger partial charge in [-0.3, -0.25) is 39.9 Å². The fourth-order valence-corrected chi connectivity index (χ4v) is 4.86. The first kappa shape index (κ1) is 68.7. The summed E-state index contributed by atoms with van der Waals surface area (Å²) in [7, 11) is -9.89. The third-order valence-electron chi connectivity index (χ3n) is 7.73. The Labute approximate surface area is 448 Å². The second-order valence-electron chi connectivity index (χ2n) is 12.6. The monoisotopic (exact) mass is 1150 g/mol. The van der Waals surface area contributed by atoms with Gasteiger partial charge in [0.15, 0.2) is 0 Å². The van der Waals surface area contributed by atoms with Crippen molar-refractivity contribution in [1.29, 1.82) is 0 Å². The molecule has 74 heavy (non-hydrogen) atoms. The first-order valence-electron chi connectivity index (χ1n) is 19.5. The molecule has 0 atom stereocenters. The van der Waals surface area contributed by atoms with E-state index in [1.54, 1.807) is 49.6 Å². The van der Waals surface area contributed by atoms with Gasteiger partial charge in [0.2, 0.25) is 0 Å². The van der Waals surface area contributed by atoms with E-state index in [0.29, 0.717) is 0 Å². The summed E-state index contributed by atoms with van der Waals surface area (Å²) in [5.74, 6) is -2.67. The van der Waals surface area contributed by atoms with Gasteiger partial charge in [-0.2, -0.15) is 0 Å². The van der Waals surface area contributed by atoms with Crippen LogP contribution in [0.5, 0.6) is 0 Å². The van der Waals surface area contributed by atoms with E-state index in [2.05, 4.69) is 39.9 Å². The fraction of sp³-hybridized carbons (Fsp3) is 0. The maximum atomic E-state index is 10.2. The molecule has 0 bridgehead atoms. The molecule has 22 nitrogen and oxygen atoms in total. The number of hydrogen-bond acceptors (Lipinski definition) is 20. The Kier molecular flexibility index (Phi) is 35.5. The van der Waals surface area contributed by atoms with E-state index in [1.807, 2.05) is 146 Å². The van der Waals surface area contributed by atoms with Crippen molar-refractivity contribution >= 4 is 11.9 Å². The summed E-state index contributed by atoms with van der Waals surface area (Å²) in [6.07, 6.45) is 14.1. The molecule has 0 saturated heterocycles. The average molecular weight is 1150 g/mol. The minimum absolute atomic E-state index is 0. The first-order valence-corrected chi connectivity index (χ1v) is 22.0. The van der Waals surface area contributed by atoms with Gasteiger partial charge in [-0.25, -0.2) is 37.3 Å². The molecule has 9 aromatic rings. The molecule has 0 fully saturated rings. The van der Waals surface area contributed by atoms with Crippen molar-refractivity contribution in [2.75, 3.05) is 0 Å². The topological polar surface area (TPSA) is 431 Å². The van der Waals surface area contributed by atoms with Crippen LogP contribution in [-0.2, 0) is 34.1 Å². The third-order valence-corrected chi connectivity index (χ3v) is 7.73. The van der Waals surface area contributed by atoms with Crippen LogP contribution in [0.15, 0.2) is 219 Å². The molecule has 392 valence electrons. The molecular formula is C48H40Cl2Cu2N8O14. The van der Waals surface area contributed by atoms with Crippen molar-refractivity contribution in [1.82, 2.24) is 39.9 Å². The minimum Gasteiger partial charge on any atom is -0.545 e. The summed E-state index contributed by atoms with van der Waals surface area (Å²) in [5.41, 5.74) is 7.21. The molecule has 0 amide bonds. The molecule has 0 spiro atoms. The molecule has 0 aliphatic heterocycles. The first-order chi connectivity index (χ1) is 33.5. The molecule has 0 aliphatic carbocycles. The Morgan fingerprint density at radius 3 is 0.473 bits per heavy atom. The van der Waals surface area contributed by atoms with Crippen molar-refractivity contribution in [2.24, 2.45) is 0 Å². The van der Waals surface area contributed by atoms with Crippen molar-refractivity contribution < 1.29 is 123 Å². The van der Waals surface area contributed by atoms with Crippen LogP contribution in [0.25, 0.3) is 45.6 Å². The number of carbonyl (C=O) groups is 2. The average Bonchev–Trinajstić information content (AvgIpc) is 3.38. The van der Waals surface area contributed by atoms with E-state index in [4.69, 9.17) is 37.3 Å². The number of aromatic carboxylic acids is 2. The maximum Gasteiger partial charge on any atom is 2.00 e. The Balaban J connectivity index is 0. The van der Waals surface area contributed by atoms with Crippen LogP contribution in [0.2, 0.25) is 0 Å². The van der Waals surface area contributed by atoms with E-state index < -0.39 is 32.4 Å². The van der Waals surface area contributed by atoms with Gasteiger partial charge in [0.05, 0.1) is 57.5 Å². The van der Waals surface area contributed by atoms with Crippen LogP contribution in [-0.4, -0.2) is 62.8 Å².